The molecule has 3 saturated heterocycles. The zero-order valence-electron chi connectivity index (χ0n) is 16.1. The fraction of sp³-hybridized carbons (Fsp3) is 0.947. The van der Waals surface area contributed by atoms with Gasteiger partial charge in [-0.05, 0) is 49.9 Å². The van der Waals surface area contributed by atoms with E-state index in [1.165, 1.54) is 25.7 Å². The van der Waals surface area contributed by atoms with Crippen LogP contribution in [-0.4, -0.2) is 69.7 Å². The van der Waals surface area contributed by atoms with Crippen LogP contribution >= 0.6 is 24.0 Å². The highest BCUT2D eigenvalue weighted by molar-refractivity contribution is 14.0. The van der Waals surface area contributed by atoms with Crippen molar-refractivity contribution in [2.45, 2.75) is 51.0 Å². The van der Waals surface area contributed by atoms with Crippen molar-refractivity contribution in [3.63, 3.8) is 0 Å². The van der Waals surface area contributed by atoms with Gasteiger partial charge in [0.1, 0.15) is 0 Å². The normalized spacial score (nSPS) is 35.7. The number of sulfone groups is 1. The predicted molar refractivity (Wildman–Crippen MR) is 118 cm³/mol. The highest BCUT2D eigenvalue weighted by atomic mass is 127. The van der Waals surface area contributed by atoms with Gasteiger partial charge in [-0.25, -0.2) is 8.42 Å². The van der Waals surface area contributed by atoms with Crippen molar-refractivity contribution in [2.75, 3.05) is 44.3 Å². The van der Waals surface area contributed by atoms with Gasteiger partial charge in [-0.1, -0.05) is 12.8 Å². The number of aliphatic imine (C=N–C) groups is 1. The van der Waals surface area contributed by atoms with Crippen LogP contribution in [0.25, 0.3) is 0 Å². The number of ether oxygens (including phenoxy) is 1. The largest absolute Gasteiger partial charge is 0.376 e. The van der Waals surface area contributed by atoms with E-state index in [1.54, 1.807) is 0 Å². The molecule has 4 atom stereocenters. The molecule has 0 spiro atoms. The first kappa shape index (κ1) is 21.6. The summed E-state index contributed by atoms with van der Waals surface area (Å²) in [6.07, 6.45) is 8.74. The molecule has 4 fully saturated rings. The highest BCUT2D eigenvalue weighted by Crippen LogP contribution is 2.36. The van der Waals surface area contributed by atoms with Crippen molar-refractivity contribution in [1.29, 1.82) is 0 Å². The molecule has 27 heavy (non-hydrogen) atoms. The van der Waals surface area contributed by atoms with E-state index in [0.717, 1.165) is 63.3 Å². The number of nitrogens with zero attached hydrogens (tertiary/aromatic N) is 2. The molecule has 0 aromatic carbocycles. The van der Waals surface area contributed by atoms with Crippen LogP contribution in [0.5, 0.6) is 0 Å². The molecule has 1 N–H and O–H groups in total. The molecule has 4 rings (SSSR count). The lowest BCUT2D eigenvalue weighted by molar-refractivity contribution is 0.113. The van der Waals surface area contributed by atoms with Crippen molar-refractivity contribution in [3.05, 3.63) is 0 Å². The molecule has 3 heterocycles. The van der Waals surface area contributed by atoms with Crippen molar-refractivity contribution in [1.82, 2.24) is 10.2 Å². The van der Waals surface area contributed by atoms with Crippen molar-refractivity contribution < 1.29 is 13.2 Å². The van der Waals surface area contributed by atoms with E-state index in [1.807, 2.05) is 0 Å². The van der Waals surface area contributed by atoms with Gasteiger partial charge >= 0.3 is 0 Å². The van der Waals surface area contributed by atoms with Crippen molar-refractivity contribution in [3.8, 4) is 0 Å². The second kappa shape index (κ2) is 9.61. The zero-order valence-corrected chi connectivity index (χ0v) is 19.3. The lowest BCUT2D eigenvalue weighted by atomic mass is 9.82. The summed E-state index contributed by atoms with van der Waals surface area (Å²) in [4.78, 5) is 7.31. The van der Waals surface area contributed by atoms with Gasteiger partial charge in [0.25, 0.3) is 0 Å². The van der Waals surface area contributed by atoms with Crippen molar-refractivity contribution >= 4 is 39.8 Å². The molecule has 3 aliphatic heterocycles. The summed E-state index contributed by atoms with van der Waals surface area (Å²) in [5, 5.41) is 3.56. The van der Waals surface area contributed by atoms with Gasteiger partial charge < -0.3 is 15.0 Å². The maximum Gasteiger partial charge on any atom is 0.194 e. The smallest absolute Gasteiger partial charge is 0.194 e. The molecule has 0 amide bonds. The summed E-state index contributed by atoms with van der Waals surface area (Å²) in [5.41, 5.74) is 0. The zero-order chi connectivity index (χ0) is 18.0. The van der Waals surface area contributed by atoms with E-state index in [0.29, 0.717) is 18.1 Å². The Hall–Kier alpha value is -0.0900. The standard InChI is InChI=1S/C19H33N3O3S.HI/c23-26(24)9-7-15(14-26)10-20-19(21-11-18-6-3-8-25-18)22-12-16-4-1-2-5-17(16)13-22;/h15-18H,1-14H2,(H,20,21);1H. The Kier molecular flexibility index (Phi) is 7.69. The number of hydrogen-bond donors (Lipinski definition) is 1. The van der Waals surface area contributed by atoms with Crippen LogP contribution < -0.4 is 5.32 Å². The van der Waals surface area contributed by atoms with Crippen LogP contribution in [0.4, 0.5) is 0 Å². The van der Waals surface area contributed by atoms with Crippen LogP contribution in [0.15, 0.2) is 4.99 Å². The molecule has 8 heteroatoms. The van der Waals surface area contributed by atoms with Crippen LogP contribution in [0.2, 0.25) is 0 Å². The van der Waals surface area contributed by atoms with Gasteiger partial charge in [-0.2, -0.15) is 0 Å². The highest BCUT2D eigenvalue weighted by Gasteiger charge is 2.36. The molecule has 0 radical (unpaired) electrons. The Morgan fingerprint density at radius 3 is 2.41 bits per heavy atom. The molecule has 6 nitrogen and oxygen atoms in total. The van der Waals surface area contributed by atoms with Gasteiger partial charge in [0.15, 0.2) is 15.8 Å². The Labute approximate surface area is 180 Å². The number of hydrogen-bond acceptors (Lipinski definition) is 4. The molecular formula is C19H34IN3O3S. The van der Waals surface area contributed by atoms with E-state index >= 15 is 0 Å². The summed E-state index contributed by atoms with van der Waals surface area (Å²) in [5.74, 6) is 3.43. The number of rotatable bonds is 4. The summed E-state index contributed by atoms with van der Waals surface area (Å²) in [6.45, 7) is 4.51. The van der Waals surface area contributed by atoms with Gasteiger partial charge in [0, 0.05) is 32.8 Å². The van der Waals surface area contributed by atoms with E-state index in [4.69, 9.17) is 9.73 Å². The van der Waals surface area contributed by atoms with Crippen LogP contribution in [0, 0.1) is 17.8 Å². The third-order valence-electron chi connectivity index (χ3n) is 6.61. The number of halogens is 1. The maximum absolute atomic E-state index is 11.7. The fourth-order valence-electron chi connectivity index (χ4n) is 5.09. The van der Waals surface area contributed by atoms with Crippen LogP contribution in [0.1, 0.15) is 44.9 Å². The average Bonchev–Trinajstić information content (AvgIpc) is 3.34. The Morgan fingerprint density at radius 1 is 1.07 bits per heavy atom. The van der Waals surface area contributed by atoms with Gasteiger partial charge in [0.2, 0.25) is 0 Å². The van der Waals surface area contributed by atoms with E-state index < -0.39 is 9.84 Å². The number of guanidine groups is 1. The minimum atomic E-state index is -2.83. The lowest BCUT2D eigenvalue weighted by Crippen LogP contribution is -2.43. The molecule has 1 saturated carbocycles. The predicted octanol–water partition coefficient (Wildman–Crippen LogP) is 2.29. The Bertz CT molecular complexity index is 608. The first-order chi connectivity index (χ1) is 12.6. The van der Waals surface area contributed by atoms with Gasteiger partial charge in [-0.3, -0.25) is 4.99 Å². The first-order valence-corrected chi connectivity index (χ1v) is 12.3. The average molecular weight is 511 g/mol. The summed E-state index contributed by atoms with van der Waals surface area (Å²) in [6, 6.07) is 0. The van der Waals surface area contributed by atoms with Gasteiger partial charge in [0.05, 0.1) is 17.6 Å². The molecule has 1 aliphatic carbocycles. The second-order valence-electron chi connectivity index (χ2n) is 8.66. The molecule has 0 aromatic rings. The Balaban J connectivity index is 0.00000210. The quantitative estimate of drug-likeness (QED) is 0.357. The maximum atomic E-state index is 11.7. The third-order valence-corrected chi connectivity index (χ3v) is 8.45. The molecular weight excluding hydrogens is 477 g/mol. The number of fused-ring (bicyclic) bond motifs is 1. The summed E-state index contributed by atoms with van der Waals surface area (Å²) < 4.78 is 29.2. The topological polar surface area (TPSA) is 71.0 Å². The van der Waals surface area contributed by atoms with Crippen LogP contribution in [0.3, 0.4) is 0 Å². The Morgan fingerprint density at radius 2 is 1.81 bits per heavy atom. The SMILES string of the molecule is I.O=S1(=O)CCC(CN=C(NCC2CCCO2)N2CC3CCCCC3C2)C1. The molecule has 156 valence electrons. The molecule has 4 aliphatic rings. The van der Waals surface area contributed by atoms with E-state index in [-0.39, 0.29) is 36.0 Å². The summed E-state index contributed by atoms with van der Waals surface area (Å²) >= 11 is 0. The summed E-state index contributed by atoms with van der Waals surface area (Å²) in [7, 11) is -2.83. The molecule has 0 aromatic heterocycles. The minimum absolute atomic E-state index is 0. The van der Waals surface area contributed by atoms with Gasteiger partial charge in [-0.15, -0.1) is 24.0 Å². The number of nitrogens with one attached hydrogen (secondary N) is 1. The van der Waals surface area contributed by atoms with E-state index in [2.05, 4.69) is 10.2 Å². The minimum Gasteiger partial charge on any atom is -0.376 e. The monoisotopic (exact) mass is 511 g/mol. The van der Waals surface area contributed by atoms with Crippen molar-refractivity contribution in [2.24, 2.45) is 22.7 Å². The first-order valence-electron chi connectivity index (χ1n) is 10.4. The van der Waals surface area contributed by atoms with E-state index in [9.17, 15) is 8.42 Å². The second-order valence-corrected chi connectivity index (χ2v) is 10.9. The fourth-order valence-corrected chi connectivity index (χ4v) is 6.94. The third kappa shape index (κ3) is 5.72. The molecule has 4 unspecified atom stereocenters. The number of likely N-dealkylation sites (tertiary alicyclic amines) is 1. The lowest BCUT2D eigenvalue weighted by Gasteiger charge is -2.24. The van der Waals surface area contributed by atoms with Crippen LogP contribution in [-0.2, 0) is 14.6 Å². The molecule has 0 bridgehead atoms.